The molecule has 5 rings (SSSR count). The van der Waals surface area contributed by atoms with Crippen LogP contribution in [0.2, 0.25) is 0 Å². The molecule has 0 bridgehead atoms. The summed E-state index contributed by atoms with van der Waals surface area (Å²) in [4.78, 5) is 17.2. The highest BCUT2D eigenvalue weighted by atomic mass is 32.2. The van der Waals surface area contributed by atoms with Crippen LogP contribution in [0, 0.1) is 5.82 Å². The van der Waals surface area contributed by atoms with Crippen LogP contribution >= 0.6 is 0 Å². The molecule has 1 amide bonds. The number of carbonyl (C=O) groups excluding carboxylic acids is 1. The summed E-state index contributed by atoms with van der Waals surface area (Å²) in [6.45, 7) is 2.40. The van der Waals surface area contributed by atoms with E-state index in [1.165, 1.54) is 17.2 Å². The predicted octanol–water partition coefficient (Wildman–Crippen LogP) is 5.10. The minimum Gasteiger partial charge on any atom is -0.484 e. The summed E-state index contributed by atoms with van der Waals surface area (Å²) in [6, 6.07) is 33.4. The molecule has 7 nitrogen and oxygen atoms in total. The maximum atomic E-state index is 14.2. The number of piperazine rings is 1. The summed E-state index contributed by atoms with van der Waals surface area (Å²) in [6.07, 6.45) is 1.08. The van der Waals surface area contributed by atoms with Gasteiger partial charge in [-0.2, -0.15) is 0 Å². The van der Waals surface area contributed by atoms with Gasteiger partial charge < -0.3 is 9.64 Å². The summed E-state index contributed by atoms with van der Waals surface area (Å²) < 4.78 is 46.0. The van der Waals surface area contributed by atoms with Gasteiger partial charge >= 0.3 is 0 Å². The molecule has 4 aromatic carbocycles. The molecular formula is C33H34FN3O4S. The average Bonchev–Trinajstić information content (AvgIpc) is 3.01. The SMILES string of the molecule is CS(=O)(=O)N(Cc1ccccc1F)c1ccc(OCC(=O)N2CCN(C(c3ccccc3)c3ccccc3)CC2)cc1. The van der Waals surface area contributed by atoms with Crippen molar-refractivity contribution in [3.63, 3.8) is 0 Å². The van der Waals surface area contributed by atoms with Gasteiger partial charge in [-0.05, 0) is 41.5 Å². The van der Waals surface area contributed by atoms with E-state index in [-0.39, 0.29) is 30.7 Å². The lowest BCUT2D eigenvalue weighted by Crippen LogP contribution is -2.51. The van der Waals surface area contributed by atoms with Crippen molar-refractivity contribution in [2.45, 2.75) is 12.6 Å². The number of sulfonamides is 1. The Labute approximate surface area is 246 Å². The van der Waals surface area contributed by atoms with E-state index in [2.05, 4.69) is 53.4 Å². The smallest absolute Gasteiger partial charge is 0.260 e. The van der Waals surface area contributed by atoms with Crippen molar-refractivity contribution in [3.8, 4) is 5.75 Å². The molecule has 4 aromatic rings. The molecule has 218 valence electrons. The van der Waals surface area contributed by atoms with Gasteiger partial charge in [0.2, 0.25) is 10.0 Å². The van der Waals surface area contributed by atoms with Crippen LogP contribution < -0.4 is 9.04 Å². The van der Waals surface area contributed by atoms with Crippen molar-refractivity contribution in [3.05, 3.63) is 132 Å². The fraction of sp³-hybridized carbons (Fsp3) is 0.242. The van der Waals surface area contributed by atoms with E-state index in [1.807, 2.05) is 17.0 Å². The Balaban J connectivity index is 1.18. The molecule has 0 saturated carbocycles. The molecule has 1 aliphatic heterocycles. The Kier molecular flexibility index (Phi) is 9.19. The quantitative estimate of drug-likeness (QED) is 0.258. The summed E-state index contributed by atoms with van der Waals surface area (Å²) in [5.41, 5.74) is 3.09. The summed E-state index contributed by atoms with van der Waals surface area (Å²) >= 11 is 0. The van der Waals surface area contributed by atoms with E-state index in [1.54, 1.807) is 42.5 Å². The Morgan fingerprint density at radius 1 is 0.810 bits per heavy atom. The molecule has 1 aliphatic rings. The van der Waals surface area contributed by atoms with Gasteiger partial charge in [0.15, 0.2) is 6.61 Å². The zero-order valence-corrected chi connectivity index (χ0v) is 24.3. The second-order valence-corrected chi connectivity index (χ2v) is 12.2. The molecule has 0 atom stereocenters. The van der Waals surface area contributed by atoms with Crippen LogP contribution in [0.5, 0.6) is 5.75 Å². The Morgan fingerprint density at radius 2 is 1.36 bits per heavy atom. The van der Waals surface area contributed by atoms with E-state index < -0.39 is 15.8 Å². The molecule has 0 unspecified atom stereocenters. The fourth-order valence-corrected chi connectivity index (χ4v) is 6.12. The number of nitrogens with zero attached hydrogens (tertiary/aromatic N) is 3. The lowest BCUT2D eigenvalue weighted by Gasteiger charge is -2.39. The van der Waals surface area contributed by atoms with Crippen LogP contribution in [0.4, 0.5) is 10.1 Å². The topological polar surface area (TPSA) is 70.2 Å². The van der Waals surface area contributed by atoms with Crippen molar-refractivity contribution in [2.75, 3.05) is 43.3 Å². The summed E-state index contributed by atoms with van der Waals surface area (Å²) in [5, 5.41) is 0. The van der Waals surface area contributed by atoms with Gasteiger partial charge in [-0.15, -0.1) is 0 Å². The van der Waals surface area contributed by atoms with Gasteiger partial charge in [0.1, 0.15) is 11.6 Å². The maximum absolute atomic E-state index is 14.2. The van der Waals surface area contributed by atoms with Gasteiger partial charge in [0.25, 0.3) is 5.91 Å². The molecule has 0 aromatic heterocycles. The van der Waals surface area contributed by atoms with Crippen molar-refractivity contribution in [1.29, 1.82) is 0 Å². The second kappa shape index (κ2) is 13.2. The zero-order valence-electron chi connectivity index (χ0n) is 23.5. The molecule has 1 heterocycles. The maximum Gasteiger partial charge on any atom is 0.260 e. The molecule has 0 radical (unpaired) electrons. The first-order chi connectivity index (χ1) is 20.3. The van der Waals surface area contributed by atoms with Gasteiger partial charge in [-0.25, -0.2) is 12.8 Å². The highest BCUT2D eigenvalue weighted by Gasteiger charge is 2.28. The minimum absolute atomic E-state index is 0.105. The van der Waals surface area contributed by atoms with E-state index in [4.69, 9.17) is 4.74 Å². The highest BCUT2D eigenvalue weighted by molar-refractivity contribution is 7.92. The zero-order chi connectivity index (χ0) is 29.5. The number of rotatable bonds is 10. The second-order valence-electron chi connectivity index (χ2n) is 10.3. The van der Waals surface area contributed by atoms with Gasteiger partial charge in [0, 0.05) is 31.7 Å². The largest absolute Gasteiger partial charge is 0.484 e. The van der Waals surface area contributed by atoms with E-state index in [0.717, 1.165) is 23.7 Å². The van der Waals surface area contributed by atoms with Gasteiger partial charge in [0.05, 0.1) is 24.5 Å². The number of anilines is 1. The summed E-state index contributed by atoms with van der Waals surface area (Å²) in [5.74, 6) is -0.133. The van der Waals surface area contributed by atoms with Crippen LogP contribution in [0.3, 0.4) is 0 Å². The molecule has 0 spiro atoms. The summed E-state index contributed by atoms with van der Waals surface area (Å²) in [7, 11) is -3.67. The minimum atomic E-state index is -3.67. The number of halogens is 1. The molecule has 9 heteroatoms. The lowest BCUT2D eigenvalue weighted by atomic mass is 9.96. The van der Waals surface area contributed by atoms with E-state index in [9.17, 15) is 17.6 Å². The first-order valence-corrected chi connectivity index (χ1v) is 15.7. The Hall–Kier alpha value is -4.21. The van der Waals surface area contributed by atoms with Crippen LogP contribution in [0.25, 0.3) is 0 Å². The van der Waals surface area contributed by atoms with Crippen LogP contribution in [0.15, 0.2) is 109 Å². The van der Waals surface area contributed by atoms with Crippen molar-refractivity contribution in [1.82, 2.24) is 9.80 Å². The predicted molar refractivity (Wildman–Crippen MR) is 162 cm³/mol. The Morgan fingerprint density at radius 3 is 1.90 bits per heavy atom. The third kappa shape index (κ3) is 7.16. The van der Waals surface area contributed by atoms with Crippen LogP contribution in [0.1, 0.15) is 22.7 Å². The number of ether oxygens (including phenoxy) is 1. The van der Waals surface area contributed by atoms with E-state index in [0.29, 0.717) is 24.5 Å². The normalized spacial score (nSPS) is 14.1. The standard InChI is InChI=1S/C33H34FN3O4S/c1-42(39,40)37(24-28-14-8-9-15-31(28)34)29-16-18-30(19-17-29)41-25-32(38)35-20-22-36(23-21-35)33(26-10-4-2-5-11-26)27-12-6-3-7-13-27/h2-19,33H,20-25H2,1H3. The van der Waals surface area contributed by atoms with Gasteiger partial charge in [-0.3, -0.25) is 14.0 Å². The lowest BCUT2D eigenvalue weighted by molar-refractivity contribution is -0.135. The molecule has 42 heavy (non-hydrogen) atoms. The third-order valence-electron chi connectivity index (χ3n) is 7.42. The number of hydrogen-bond acceptors (Lipinski definition) is 5. The molecule has 1 saturated heterocycles. The van der Waals surface area contributed by atoms with E-state index >= 15 is 0 Å². The third-order valence-corrected chi connectivity index (χ3v) is 8.56. The number of carbonyl (C=O) groups is 1. The Bertz CT molecular complexity index is 1540. The van der Waals surface area contributed by atoms with Crippen molar-refractivity contribution in [2.24, 2.45) is 0 Å². The number of benzene rings is 4. The molecule has 0 aliphatic carbocycles. The first-order valence-electron chi connectivity index (χ1n) is 13.9. The number of hydrogen-bond donors (Lipinski definition) is 0. The molecule has 0 N–H and O–H groups in total. The van der Waals surface area contributed by atoms with Crippen molar-refractivity contribution < 1.29 is 22.3 Å². The van der Waals surface area contributed by atoms with Crippen molar-refractivity contribution >= 4 is 21.6 Å². The number of amides is 1. The fourth-order valence-electron chi connectivity index (χ4n) is 5.24. The first kappa shape index (κ1) is 29.3. The van der Waals surface area contributed by atoms with Crippen LogP contribution in [-0.2, 0) is 21.4 Å². The molecule has 1 fully saturated rings. The molecular weight excluding hydrogens is 553 g/mol. The monoisotopic (exact) mass is 587 g/mol. The van der Waals surface area contributed by atoms with Gasteiger partial charge in [-0.1, -0.05) is 78.9 Å². The van der Waals surface area contributed by atoms with Crippen LogP contribution in [-0.4, -0.2) is 63.2 Å². The highest BCUT2D eigenvalue weighted by Crippen LogP contribution is 2.30. The average molecular weight is 588 g/mol.